The van der Waals surface area contributed by atoms with Crippen molar-refractivity contribution >= 4 is 29.0 Å². The van der Waals surface area contributed by atoms with E-state index in [9.17, 15) is 4.79 Å². The van der Waals surface area contributed by atoms with Gasteiger partial charge < -0.3 is 4.74 Å². The Morgan fingerprint density at radius 1 is 1.40 bits per heavy atom. The first-order valence-electron chi connectivity index (χ1n) is 4.83. The molecule has 0 saturated heterocycles. The summed E-state index contributed by atoms with van der Waals surface area (Å²) in [5.74, 6) is 0.476. The molecule has 80 valence electrons. The van der Waals surface area contributed by atoms with Crippen molar-refractivity contribution in [2.45, 2.75) is 25.9 Å². The molecule has 1 aliphatic rings. The molecule has 0 spiro atoms. The van der Waals surface area contributed by atoms with E-state index in [2.05, 4.69) is 0 Å². The lowest BCUT2D eigenvalue weighted by molar-refractivity contribution is 0.0845. The lowest BCUT2D eigenvalue weighted by Crippen LogP contribution is -2.19. The minimum Gasteiger partial charge on any atom is -0.481 e. The summed E-state index contributed by atoms with van der Waals surface area (Å²) in [5, 5.41) is 0.866. The number of halogens is 2. The number of ketones is 1. The van der Waals surface area contributed by atoms with Crippen molar-refractivity contribution in [2.75, 3.05) is 0 Å². The predicted octanol–water partition coefficient (Wildman–Crippen LogP) is 3.74. The van der Waals surface area contributed by atoms with Crippen molar-refractivity contribution in [2.24, 2.45) is 0 Å². The molecular weight excluding hydrogens is 235 g/mol. The van der Waals surface area contributed by atoms with Crippen LogP contribution in [0.4, 0.5) is 0 Å². The van der Waals surface area contributed by atoms with Crippen molar-refractivity contribution in [1.29, 1.82) is 0 Å². The molecule has 0 amide bonds. The molecule has 15 heavy (non-hydrogen) atoms. The molecule has 0 N–H and O–H groups in total. The summed E-state index contributed by atoms with van der Waals surface area (Å²) in [6.07, 6.45) is 1.22. The number of ether oxygens (including phenoxy) is 1. The summed E-state index contributed by atoms with van der Waals surface area (Å²) >= 11 is 11.8. The summed E-state index contributed by atoms with van der Waals surface area (Å²) in [5.41, 5.74) is 0.472. The van der Waals surface area contributed by atoms with Crippen LogP contribution in [0.15, 0.2) is 12.1 Å². The Morgan fingerprint density at radius 2 is 2.13 bits per heavy atom. The van der Waals surface area contributed by atoms with Crippen LogP contribution >= 0.6 is 23.2 Å². The highest BCUT2D eigenvalue weighted by Crippen LogP contribution is 2.38. The summed E-state index contributed by atoms with van der Waals surface area (Å²) in [7, 11) is 0. The largest absolute Gasteiger partial charge is 0.481 e. The fourth-order valence-corrected chi connectivity index (χ4v) is 2.27. The normalized spacial score (nSPS) is 18.9. The molecule has 1 aliphatic heterocycles. The maximum Gasteiger partial charge on any atom is 0.208 e. The monoisotopic (exact) mass is 244 g/mol. The van der Waals surface area contributed by atoms with Crippen molar-refractivity contribution < 1.29 is 9.53 Å². The minimum absolute atomic E-state index is 0.0338. The minimum atomic E-state index is -0.388. The van der Waals surface area contributed by atoms with Crippen molar-refractivity contribution in [3.8, 4) is 5.75 Å². The first-order valence-corrected chi connectivity index (χ1v) is 5.59. The molecule has 2 rings (SSSR count). The molecule has 1 atom stereocenters. The topological polar surface area (TPSA) is 26.3 Å². The zero-order valence-electron chi connectivity index (χ0n) is 8.22. The Hall–Kier alpha value is -0.730. The molecule has 4 heteroatoms. The maximum atomic E-state index is 11.9. The third-order valence-corrected chi connectivity index (χ3v) is 2.89. The number of hydrogen-bond donors (Lipinski definition) is 0. The van der Waals surface area contributed by atoms with Gasteiger partial charge in [0.1, 0.15) is 5.75 Å². The standard InChI is InChI=1S/C11H10Cl2O2/c1-2-3-8-11(14)10-7(13)4-6(12)5-9(10)15-8/h4-5,8H,2-3H2,1H3. The number of fused-ring (bicyclic) bond motifs is 1. The van der Waals surface area contributed by atoms with Crippen molar-refractivity contribution in [1.82, 2.24) is 0 Å². The van der Waals surface area contributed by atoms with E-state index in [1.165, 1.54) is 0 Å². The molecule has 0 aromatic heterocycles. The van der Waals surface area contributed by atoms with Gasteiger partial charge in [-0.15, -0.1) is 0 Å². The number of carbonyl (C=O) groups is 1. The van der Waals surface area contributed by atoms with Gasteiger partial charge in [-0.05, 0) is 18.6 Å². The second-order valence-electron chi connectivity index (χ2n) is 3.52. The van der Waals surface area contributed by atoms with Crippen LogP contribution < -0.4 is 4.74 Å². The Balaban J connectivity index is 2.41. The van der Waals surface area contributed by atoms with E-state index in [4.69, 9.17) is 27.9 Å². The van der Waals surface area contributed by atoms with E-state index < -0.39 is 0 Å². The first-order chi connectivity index (χ1) is 7.13. The van der Waals surface area contributed by atoms with E-state index in [-0.39, 0.29) is 11.9 Å². The van der Waals surface area contributed by atoms with Crippen LogP contribution in [0, 0.1) is 0 Å². The van der Waals surface area contributed by atoms with Gasteiger partial charge in [0, 0.05) is 5.02 Å². The summed E-state index contributed by atoms with van der Waals surface area (Å²) in [6.45, 7) is 2.01. The molecule has 2 nitrogen and oxygen atoms in total. The Labute approximate surface area is 98.1 Å². The SMILES string of the molecule is CCCC1Oc2cc(Cl)cc(Cl)c2C1=O. The molecule has 0 saturated carbocycles. The molecule has 0 aliphatic carbocycles. The highest BCUT2D eigenvalue weighted by atomic mass is 35.5. The highest BCUT2D eigenvalue weighted by Gasteiger charge is 2.33. The van der Waals surface area contributed by atoms with Crippen LogP contribution in [0.2, 0.25) is 10.0 Å². The van der Waals surface area contributed by atoms with Crippen LogP contribution in [0.1, 0.15) is 30.1 Å². The number of Topliss-reactive ketones (excluding diaryl/α,β-unsaturated/α-hetero) is 1. The number of rotatable bonds is 2. The molecule has 0 bridgehead atoms. The molecule has 1 heterocycles. The number of benzene rings is 1. The van der Waals surface area contributed by atoms with Gasteiger partial charge in [-0.25, -0.2) is 0 Å². The van der Waals surface area contributed by atoms with Gasteiger partial charge in [0.15, 0.2) is 6.10 Å². The van der Waals surface area contributed by atoms with Crippen molar-refractivity contribution in [3.05, 3.63) is 27.7 Å². The summed E-state index contributed by atoms with van der Waals surface area (Å²) in [4.78, 5) is 11.9. The number of hydrogen-bond acceptors (Lipinski definition) is 2. The van der Waals surface area contributed by atoms with E-state index in [0.29, 0.717) is 27.8 Å². The van der Waals surface area contributed by atoms with Gasteiger partial charge >= 0.3 is 0 Å². The van der Waals surface area contributed by atoms with Crippen LogP contribution in [0.25, 0.3) is 0 Å². The van der Waals surface area contributed by atoms with Crippen molar-refractivity contribution in [3.63, 3.8) is 0 Å². The van der Waals surface area contributed by atoms with Gasteiger partial charge in [0.2, 0.25) is 5.78 Å². The Bertz CT molecular complexity index is 415. The van der Waals surface area contributed by atoms with Gasteiger partial charge in [0.25, 0.3) is 0 Å². The van der Waals surface area contributed by atoms with Gasteiger partial charge in [-0.2, -0.15) is 0 Å². The maximum absolute atomic E-state index is 11.9. The van der Waals surface area contributed by atoms with E-state index >= 15 is 0 Å². The van der Waals surface area contributed by atoms with Crippen LogP contribution in [0.3, 0.4) is 0 Å². The molecule has 0 radical (unpaired) electrons. The molecule has 1 unspecified atom stereocenters. The van der Waals surface area contributed by atoms with Crippen LogP contribution in [-0.2, 0) is 0 Å². The summed E-state index contributed by atoms with van der Waals surface area (Å²) < 4.78 is 5.50. The quantitative estimate of drug-likeness (QED) is 0.793. The molecular formula is C11H10Cl2O2. The molecule has 1 aromatic carbocycles. The predicted molar refractivity (Wildman–Crippen MR) is 60.1 cm³/mol. The van der Waals surface area contributed by atoms with Gasteiger partial charge in [-0.3, -0.25) is 4.79 Å². The average Bonchev–Trinajstić information content (AvgIpc) is 2.43. The number of carbonyl (C=O) groups excluding carboxylic acids is 1. The van der Waals surface area contributed by atoms with E-state index in [1.54, 1.807) is 12.1 Å². The Morgan fingerprint density at radius 3 is 2.80 bits per heavy atom. The van der Waals surface area contributed by atoms with Crippen LogP contribution in [0.5, 0.6) is 5.75 Å². The van der Waals surface area contributed by atoms with Crippen LogP contribution in [-0.4, -0.2) is 11.9 Å². The summed E-state index contributed by atoms with van der Waals surface area (Å²) in [6, 6.07) is 3.20. The van der Waals surface area contributed by atoms with E-state index in [1.807, 2.05) is 6.92 Å². The third-order valence-electron chi connectivity index (χ3n) is 2.38. The second kappa shape index (κ2) is 4.03. The Kier molecular flexibility index (Phi) is 2.89. The smallest absolute Gasteiger partial charge is 0.208 e. The average molecular weight is 245 g/mol. The van der Waals surface area contributed by atoms with E-state index in [0.717, 1.165) is 6.42 Å². The lowest BCUT2D eigenvalue weighted by Gasteiger charge is -2.06. The fourth-order valence-electron chi connectivity index (χ4n) is 1.70. The van der Waals surface area contributed by atoms with Gasteiger partial charge in [-0.1, -0.05) is 36.5 Å². The zero-order chi connectivity index (χ0) is 11.0. The second-order valence-corrected chi connectivity index (χ2v) is 4.36. The molecule has 1 aromatic rings. The van der Waals surface area contributed by atoms with Gasteiger partial charge in [0.05, 0.1) is 10.6 Å². The highest BCUT2D eigenvalue weighted by molar-refractivity contribution is 6.37. The lowest BCUT2D eigenvalue weighted by atomic mass is 10.1. The molecule has 0 fully saturated rings. The third kappa shape index (κ3) is 1.84. The zero-order valence-corrected chi connectivity index (χ0v) is 9.73. The fraction of sp³-hybridized carbons (Fsp3) is 0.364. The first kappa shape index (κ1) is 10.8.